The van der Waals surface area contributed by atoms with Crippen molar-refractivity contribution in [1.82, 2.24) is 15.5 Å². The summed E-state index contributed by atoms with van der Waals surface area (Å²) in [6.45, 7) is 1.48. The number of nitrogens with zero attached hydrogens (tertiary/aromatic N) is 2. The van der Waals surface area contributed by atoms with Crippen molar-refractivity contribution in [3.63, 3.8) is 0 Å². The molecule has 1 aliphatic rings. The number of nitro groups is 1. The number of benzene rings is 2. The van der Waals surface area contributed by atoms with Crippen LogP contribution in [0.25, 0.3) is 0 Å². The Kier molecular flexibility index (Phi) is 5.95. The molecule has 0 aliphatic carbocycles. The van der Waals surface area contributed by atoms with Gasteiger partial charge in [-0.1, -0.05) is 18.2 Å². The molecule has 1 saturated heterocycles. The molecule has 30 heavy (non-hydrogen) atoms. The lowest BCUT2D eigenvalue weighted by Crippen LogP contribution is -2.43. The van der Waals surface area contributed by atoms with E-state index in [-0.39, 0.29) is 18.8 Å². The lowest BCUT2D eigenvalue weighted by molar-refractivity contribution is -0.384. The quantitative estimate of drug-likeness (QED) is 0.293. The molecule has 0 saturated carbocycles. The first-order valence-electron chi connectivity index (χ1n) is 9.15. The maximum absolute atomic E-state index is 12.8. The average Bonchev–Trinajstić information content (AvgIpc) is 2.96. The molecule has 2 N–H and O–H groups in total. The van der Waals surface area contributed by atoms with Crippen LogP contribution in [0.5, 0.6) is 5.75 Å². The van der Waals surface area contributed by atoms with Crippen LogP contribution >= 0.6 is 0 Å². The van der Waals surface area contributed by atoms with Gasteiger partial charge in [-0.25, -0.2) is 4.79 Å². The minimum Gasteiger partial charge on any atom is -0.492 e. The average molecular weight is 412 g/mol. The molecule has 4 amide bonds. The summed E-state index contributed by atoms with van der Waals surface area (Å²) in [5, 5.41) is 15.9. The minimum atomic E-state index is -1.41. The van der Waals surface area contributed by atoms with E-state index in [0.717, 1.165) is 4.90 Å². The smallest absolute Gasteiger partial charge is 0.325 e. The molecular formula is C20H20N4O6. The number of para-hydroxylation sites is 1. The van der Waals surface area contributed by atoms with Crippen molar-refractivity contribution in [2.24, 2.45) is 0 Å². The number of amides is 4. The fraction of sp³-hybridized carbons (Fsp3) is 0.250. The Morgan fingerprint density at radius 3 is 2.47 bits per heavy atom. The van der Waals surface area contributed by atoms with E-state index in [1.807, 2.05) is 18.2 Å². The van der Waals surface area contributed by atoms with Crippen LogP contribution in [0.4, 0.5) is 10.5 Å². The number of imide groups is 1. The number of rotatable bonds is 8. The largest absolute Gasteiger partial charge is 0.492 e. The fourth-order valence-electron chi connectivity index (χ4n) is 3.03. The zero-order chi connectivity index (χ0) is 21.7. The van der Waals surface area contributed by atoms with E-state index in [2.05, 4.69) is 10.6 Å². The first-order chi connectivity index (χ1) is 14.3. The van der Waals surface area contributed by atoms with Gasteiger partial charge >= 0.3 is 6.03 Å². The molecule has 3 rings (SSSR count). The highest BCUT2D eigenvalue weighted by molar-refractivity contribution is 6.09. The molecule has 2 aromatic rings. The van der Waals surface area contributed by atoms with Gasteiger partial charge in [0.05, 0.1) is 11.5 Å². The number of ether oxygens (including phenoxy) is 1. The van der Waals surface area contributed by atoms with Gasteiger partial charge in [0.25, 0.3) is 11.6 Å². The summed E-state index contributed by atoms with van der Waals surface area (Å²) in [6.07, 6.45) is 0. The van der Waals surface area contributed by atoms with Gasteiger partial charge in [0, 0.05) is 12.1 Å². The Hall–Kier alpha value is -3.95. The number of carbonyl (C=O) groups is 3. The van der Waals surface area contributed by atoms with Crippen LogP contribution in [0, 0.1) is 10.1 Å². The van der Waals surface area contributed by atoms with Crippen LogP contribution < -0.4 is 15.4 Å². The predicted octanol–water partition coefficient (Wildman–Crippen LogP) is 1.56. The molecule has 0 bridgehead atoms. The highest BCUT2D eigenvalue weighted by Crippen LogP contribution is 2.29. The number of urea groups is 1. The lowest BCUT2D eigenvalue weighted by atomic mass is 9.92. The maximum Gasteiger partial charge on any atom is 0.325 e. The highest BCUT2D eigenvalue weighted by Gasteiger charge is 2.49. The molecule has 1 atom stereocenters. The van der Waals surface area contributed by atoms with Crippen molar-refractivity contribution in [3.8, 4) is 5.75 Å². The molecule has 10 heteroatoms. The monoisotopic (exact) mass is 412 g/mol. The molecule has 0 radical (unpaired) electrons. The van der Waals surface area contributed by atoms with E-state index < -0.39 is 34.9 Å². The molecule has 0 aromatic heterocycles. The van der Waals surface area contributed by atoms with Crippen molar-refractivity contribution in [2.75, 3.05) is 19.7 Å². The number of nitro benzene ring substituents is 1. The van der Waals surface area contributed by atoms with Gasteiger partial charge in [0.15, 0.2) is 0 Å². The minimum absolute atomic E-state index is 0.131. The standard InChI is InChI=1S/C20H20N4O6/c1-20(14-7-9-15(10-8-14)24(28)29)18(26)23(19(27)22-20)13-17(25)21-11-12-30-16-5-3-2-4-6-16/h2-10H,11-13H2,1H3,(H,21,25)(H,22,27)/t20-/m0/s1. The van der Waals surface area contributed by atoms with Gasteiger partial charge in [0.1, 0.15) is 24.4 Å². The van der Waals surface area contributed by atoms with Crippen LogP contribution in [-0.4, -0.2) is 47.4 Å². The third kappa shape index (κ3) is 4.37. The molecule has 1 fully saturated rings. The van der Waals surface area contributed by atoms with E-state index in [1.54, 1.807) is 12.1 Å². The van der Waals surface area contributed by atoms with Crippen molar-refractivity contribution < 1.29 is 24.0 Å². The van der Waals surface area contributed by atoms with Gasteiger partial charge in [0.2, 0.25) is 5.91 Å². The normalized spacial score (nSPS) is 18.1. The zero-order valence-electron chi connectivity index (χ0n) is 16.2. The van der Waals surface area contributed by atoms with Gasteiger partial charge < -0.3 is 15.4 Å². The number of nitrogens with one attached hydrogen (secondary N) is 2. The summed E-state index contributed by atoms with van der Waals surface area (Å²) in [5.41, 5.74) is -1.16. The lowest BCUT2D eigenvalue weighted by Gasteiger charge is -2.22. The second kappa shape index (κ2) is 8.60. The Balaban J connectivity index is 1.56. The van der Waals surface area contributed by atoms with Crippen molar-refractivity contribution in [1.29, 1.82) is 0 Å². The summed E-state index contributed by atoms with van der Waals surface area (Å²) in [6, 6.07) is 13.7. The molecule has 0 spiro atoms. The fourth-order valence-corrected chi connectivity index (χ4v) is 3.03. The van der Waals surface area contributed by atoms with Gasteiger partial charge in [-0.15, -0.1) is 0 Å². The van der Waals surface area contributed by atoms with Crippen LogP contribution in [0.2, 0.25) is 0 Å². The number of hydrogen-bond acceptors (Lipinski definition) is 6. The summed E-state index contributed by atoms with van der Waals surface area (Å²) >= 11 is 0. The maximum atomic E-state index is 12.8. The number of carbonyl (C=O) groups excluding carboxylic acids is 3. The first-order valence-corrected chi connectivity index (χ1v) is 9.15. The van der Waals surface area contributed by atoms with Gasteiger partial charge in [-0.3, -0.25) is 24.6 Å². The second-order valence-electron chi connectivity index (χ2n) is 6.76. The third-order valence-electron chi connectivity index (χ3n) is 4.67. The summed E-state index contributed by atoms with van der Waals surface area (Å²) < 4.78 is 5.46. The van der Waals surface area contributed by atoms with E-state index in [4.69, 9.17) is 4.74 Å². The van der Waals surface area contributed by atoms with E-state index >= 15 is 0 Å². The van der Waals surface area contributed by atoms with E-state index in [0.29, 0.717) is 11.3 Å². The van der Waals surface area contributed by atoms with E-state index in [9.17, 15) is 24.5 Å². The van der Waals surface area contributed by atoms with Gasteiger partial charge in [-0.2, -0.15) is 0 Å². The molecule has 156 valence electrons. The topological polar surface area (TPSA) is 131 Å². The van der Waals surface area contributed by atoms with Crippen LogP contribution in [-0.2, 0) is 15.1 Å². The summed E-state index contributed by atoms with van der Waals surface area (Å²) in [5.74, 6) is -0.458. The second-order valence-corrected chi connectivity index (χ2v) is 6.76. The molecule has 10 nitrogen and oxygen atoms in total. The Bertz CT molecular complexity index is 963. The summed E-state index contributed by atoms with van der Waals surface area (Å²) in [7, 11) is 0. The highest BCUT2D eigenvalue weighted by atomic mass is 16.6. The third-order valence-corrected chi connectivity index (χ3v) is 4.67. The number of non-ortho nitro benzene ring substituents is 1. The van der Waals surface area contributed by atoms with Crippen LogP contribution in [0.15, 0.2) is 54.6 Å². The SMILES string of the molecule is C[C@@]1(c2ccc([N+](=O)[O-])cc2)NC(=O)N(CC(=O)NCCOc2ccccc2)C1=O. The predicted molar refractivity (Wildman–Crippen MR) is 106 cm³/mol. The molecule has 1 heterocycles. The van der Waals surface area contributed by atoms with Gasteiger partial charge in [-0.05, 0) is 36.8 Å². The Morgan fingerprint density at radius 1 is 1.17 bits per heavy atom. The molecule has 0 unspecified atom stereocenters. The Morgan fingerprint density at radius 2 is 1.83 bits per heavy atom. The van der Waals surface area contributed by atoms with E-state index in [1.165, 1.54) is 31.2 Å². The van der Waals surface area contributed by atoms with Crippen molar-refractivity contribution >= 4 is 23.5 Å². The Labute approximate surface area is 172 Å². The molecular weight excluding hydrogens is 392 g/mol. The molecule has 1 aliphatic heterocycles. The first kappa shape index (κ1) is 20.8. The van der Waals surface area contributed by atoms with Crippen molar-refractivity contribution in [2.45, 2.75) is 12.5 Å². The summed E-state index contributed by atoms with van der Waals surface area (Å²) in [4.78, 5) is 48.3. The van der Waals surface area contributed by atoms with Crippen LogP contribution in [0.3, 0.4) is 0 Å². The zero-order valence-corrected chi connectivity index (χ0v) is 16.2. The van der Waals surface area contributed by atoms with Crippen LogP contribution in [0.1, 0.15) is 12.5 Å². The number of hydrogen-bond donors (Lipinski definition) is 2. The molecule has 2 aromatic carbocycles. The van der Waals surface area contributed by atoms with Crippen molar-refractivity contribution in [3.05, 3.63) is 70.3 Å².